The molecule has 1 aliphatic carbocycles. The monoisotopic (exact) mass is 208 g/mol. The fraction of sp³-hybridized carbons (Fsp3) is 0.455. The van der Waals surface area contributed by atoms with Gasteiger partial charge in [-0.15, -0.1) is 0 Å². The van der Waals surface area contributed by atoms with E-state index < -0.39 is 5.95 Å². The minimum atomic E-state index is -0.568. The Balaban J connectivity index is 2.04. The zero-order valence-electron chi connectivity index (χ0n) is 8.59. The van der Waals surface area contributed by atoms with Gasteiger partial charge in [-0.1, -0.05) is 0 Å². The average molecular weight is 208 g/mol. The smallest absolute Gasteiger partial charge is 0.253 e. The second kappa shape index (κ2) is 3.61. The number of hydrogen-bond acceptors (Lipinski definition) is 2. The fourth-order valence-electron chi connectivity index (χ4n) is 1.69. The van der Waals surface area contributed by atoms with Crippen LogP contribution in [0.15, 0.2) is 18.3 Å². The Kier molecular flexibility index (Phi) is 2.42. The summed E-state index contributed by atoms with van der Waals surface area (Å²) in [7, 11) is 0. The molecule has 0 bridgehead atoms. The van der Waals surface area contributed by atoms with E-state index in [-0.39, 0.29) is 11.4 Å². The Morgan fingerprint density at radius 3 is 2.73 bits per heavy atom. The van der Waals surface area contributed by atoms with Crippen molar-refractivity contribution in [3.8, 4) is 0 Å². The molecule has 4 heteroatoms. The molecule has 1 saturated carbocycles. The van der Waals surface area contributed by atoms with Crippen LogP contribution >= 0.6 is 0 Å². The number of carbonyl (C=O) groups excluding carboxylic acids is 1. The van der Waals surface area contributed by atoms with E-state index in [1.54, 1.807) is 0 Å². The molecule has 15 heavy (non-hydrogen) atoms. The highest BCUT2D eigenvalue weighted by atomic mass is 19.1. The van der Waals surface area contributed by atoms with Gasteiger partial charge in [0.05, 0.1) is 5.56 Å². The molecule has 0 saturated heterocycles. The number of carbonyl (C=O) groups is 1. The molecule has 1 aliphatic rings. The molecule has 2 rings (SSSR count). The summed E-state index contributed by atoms with van der Waals surface area (Å²) in [6.07, 6.45) is 4.42. The Morgan fingerprint density at radius 2 is 2.27 bits per heavy atom. The van der Waals surface area contributed by atoms with Crippen LogP contribution in [0.2, 0.25) is 0 Å². The lowest BCUT2D eigenvalue weighted by Crippen LogP contribution is -2.50. The largest absolute Gasteiger partial charge is 0.347 e. The summed E-state index contributed by atoms with van der Waals surface area (Å²) in [6.45, 7) is 2.02. The molecule has 1 fully saturated rings. The van der Waals surface area contributed by atoms with Gasteiger partial charge in [-0.05, 0) is 38.3 Å². The molecule has 0 spiro atoms. The first-order valence-electron chi connectivity index (χ1n) is 5.03. The van der Waals surface area contributed by atoms with Crippen molar-refractivity contribution < 1.29 is 9.18 Å². The zero-order valence-corrected chi connectivity index (χ0v) is 8.59. The second-order valence-corrected chi connectivity index (χ2v) is 4.24. The number of rotatable bonds is 2. The second-order valence-electron chi connectivity index (χ2n) is 4.24. The first kappa shape index (κ1) is 10.1. The molecule has 80 valence electrons. The summed E-state index contributed by atoms with van der Waals surface area (Å²) >= 11 is 0. The summed E-state index contributed by atoms with van der Waals surface area (Å²) in [6, 6.07) is 2.64. The normalized spacial score (nSPS) is 18.0. The molecule has 0 aliphatic heterocycles. The lowest BCUT2D eigenvalue weighted by Gasteiger charge is -2.39. The van der Waals surface area contributed by atoms with Gasteiger partial charge in [0.15, 0.2) is 0 Å². The Labute approximate surface area is 87.7 Å². The van der Waals surface area contributed by atoms with E-state index in [0.29, 0.717) is 5.56 Å². The molecular weight excluding hydrogens is 195 g/mol. The molecule has 1 aromatic rings. The van der Waals surface area contributed by atoms with E-state index >= 15 is 0 Å². The number of hydrogen-bond donors (Lipinski definition) is 1. The minimum absolute atomic E-state index is 0.0779. The van der Waals surface area contributed by atoms with Crippen LogP contribution in [0.25, 0.3) is 0 Å². The number of pyridine rings is 1. The first-order valence-corrected chi connectivity index (χ1v) is 5.03. The number of nitrogens with zero attached hydrogens (tertiary/aromatic N) is 1. The maximum Gasteiger partial charge on any atom is 0.253 e. The SMILES string of the molecule is CC1(NC(=O)c2ccc(F)nc2)CCC1. The molecule has 0 aromatic carbocycles. The highest BCUT2D eigenvalue weighted by Crippen LogP contribution is 2.31. The molecule has 0 unspecified atom stereocenters. The van der Waals surface area contributed by atoms with Gasteiger partial charge >= 0.3 is 0 Å². The summed E-state index contributed by atoms with van der Waals surface area (Å²) in [4.78, 5) is 15.1. The Bertz CT molecular complexity index is 371. The Hall–Kier alpha value is -1.45. The molecule has 1 aromatic heterocycles. The van der Waals surface area contributed by atoms with Gasteiger partial charge in [0, 0.05) is 11.7 Å². The lowest BCUT2D eigenvalue weighted by atomic mass is 9.78. The van der Waals surface area contributed by atoms with Gasteiger partial charge in [-0.25, -0.2) is 4.98 Å². The number of aromatic nitrogens is 1. The quantitative estimate of drug-likeness (QED) is 0.754. The lowest BCUT2D eigenvalue weighted by molar-refractivity contribution is 0.0850. The van der Waals surface area contributed by atoms with Crippen LogP contribution in [-0.2, 0) is 0 Å². The molecule has 0 atom stereocenters. The number of halogens is 1. The maximum absolute atomic E-state index is 12.5. The van der Waals surface area contributed by atoms with Crippen molar-refractivity contribution in [1.82, 2.24) is 10.3 Å². The third-order valence-electron chi connectivity index (χ3n) is 2.86. The van der Waals surface area contributed by atoms with Crippen LogP contribution in [-0.4, -0.2) is 16.4 Å². The van der Waals surface area contributed by atoms with Crippen molar-refractivity contribution in [2.75, 3.05) is 0 Å². The van der Waals surface area contributed by atoms with E-state index in [2.05, 4.69) is 10.3 Å². The standard InChI is InChI=1S/C11H13FN2O/c1-11(5-2-6-11)14-10(15)8-3-4-9(12)13-7-8/h3-4,7H,2,5-6H2,1H3,(H,14,15). The van der Waals surface area contributed by atoms with Crippen LogP contribution in [0.1, 0.15) is 36.5 Å². The van der Waals surface area contributed by atoms with Gasteiger partial charge in [-0.2, -0.15) is 4.39 Å². The van der Waals surface area contributed by atoms with Gasteiger partial charge in [0.1, 0.15) is 0 Å². The molecule has 3 nitrogen and oxygen atoms in total. The molecule has 0 radical (unpaired) electrons. The van der Waals surface area contributed by atoms with Crippen molar-refractivity contribution in [3.63, 3.8) is 0 Å². The van der Waals surface area contributed by atoms with Crippen LogP contribution in [0, 0.1) is 5.95 Å². The summed E-state index contributed by atoms with van der Waals surface area (Å²) in [5.74, 6) is -0.744. The van der Waals surface area contributed by atoms with Crippen LogP contribution in [0.5, 0.6) is 0 Å². The third kappa shape index (κ3) is 2.14. The average Bonchev–Trinajstić information content (AvgIpc) is 2.16. The van der Waals surface area contributed by atoms with Gasteiger partial charge in [0.2, 0.25) is 5.95 Å². The van der Waals surface area contributed by atoms with E-state index in [0.717, 1.165) is 19.3 Å². The van der Waals surface area contributed by atoms with E-state index in [4.69, 9.17) is 0 Å². The summed E-state index contributed by atoms with van der Waals surface area (Å²) in [5, 5.41) is 2.93. The summed E-state index contributed by atoms with van der Waals surface area (Å²) in [5.41, 5.74) is 0.329. The van der Waals surface area contributed by atoms with Gasteiger partial charge < -0.3 is 5.32 Å². The van der Waals surface area contributed by atoms with E-state index in [1.165, 1.54) is 18.3 Å². The van der Waals surface area contributed by atoms with Gasteiger partial charge in [-0.3, -0.25) is 4.79 Å². The van der Waals surface area contributed by atoms with Crippen LogP contribution in [0.3, 0.4) is 0 Å². The van der Waals surface area contributed by atoms with E-state index in [1.807, 2.05) is 6.92 Å². The Morgan fingerprint density at radius 1 is 1.53 bits per heavy atom. The number of amides is 1. The van der Waals surface area contributed by atoms with E-state index in [9.17, 15) is 9.18 Å². The highest BCUT2D eigenvalue weighted by Gasteiger charge is 2.33. The minimum Gasteiger partial charge on any atom is -0.347 e. The molecule has 1 N–H and O–H groups in total. The zero-order chi connectivity index (χ0) is 10.9. The van der Waals surface area contributed by atoms with Crippen molar-refractivity contribution in [3.05, 3.63) is 29.8 Å². The van der Waals surface area contributed by atoms with Crippen LogP contribution in [0.4, 0.5) is 4.39 Å². The number of nitrogens with one attached hydrogen (secondary N) is 1. The first-order chi connectivity index (χ1) is 7.09. The summed E-state index contributed by atoms with van der Waals surface area (Å²) < 4.78 is 12.5. The van der Waals surface area contributed by atoms with Crippen molar-refractivity contribution in [1.29, 1.82) is 0 Å². The molecule has 1 amide bonds. The highest BCUT2D eigenvalue weighted by molar-refractivity contribution is 5.94. The van der Waals surface area contributed by atoms with Crippen molar-refractivity contribution in [2.24, 2.45) is 0 Å². The van der Waals surface area contributed by atoms with Crippen molar-refractivity contribution >= 4 is 5.91 Å². The molecule has 1 heterocycles. The van der Waals surface area contributed by atoms with Crippen molar-refractivity contribution in [2.45, 2.75) is 31.7 Å². The van der Waals surface area contributed by atoms with Gasteiger partial charge in [0.25, 0.3) is 5.91 Å². The topological polar surface area (TPSA) is 42.0 Å². The van der Waals surface area contributed by atoms with Crippen LogP contribution < -0.4 is 5.32 Å². The molecular formula is C11H13FN2O. The predicted molar refractivity (Wildman–Crippen MR) is 53.9 cm³/mol. The predicted octanol–water partition coefficient (Wildman–Crippen LogP) is 1.89. The maximum atomic E-state index is 12.5. The fourth-order valence-corrected chi connectivity index (χ4v) is 1.69. The third-order valence-corrected chi connectivity index (χ3v) is 2.86.